The molecule has 0 aromatic heterocycles. The molecule has 1 atom stereocenters. The lowest BCUT2D eigenvalue weighted by Crippen LogP contribution is -2.30. The normalized spacial score (nSPS) is 12.9. The Bertz CT molecular complexity index is 1280. The molecule has 0 aromatic carbocycles. The van der Waals surface area contributed by atoms with E-state index in [-0.39, 0.29) is 44.0 Å². The molecule has 6 nitrogen and oxygen atoms in total. The van der Waals surface area contributed by atoms with Crippen molar-refractivity contribution in [3.8, 4) is 0 Å². The van der Waals surface area contributed by atoms with Crippen LogP contribution in [0.3, 0.4) is 0 Å². The topological polar surface area (TPSA) is 78.9 Å². The third kappa shape index (κ3) is 49.2. The van der Waals surface area contributed by atoms with Crippen molar-refractivity contribution in [2.24, 2.45) is 0 Å². The minimum Gasteiger partial charge on any atom is -0.462 e. The molecule has 0 aliphatic heterocycles. The van der Waals surface area contributed by atoms with Crippen LogP contribution in [-0.2, 0) is 28.6 Å². The van der Waals surface area contributed by atoms with Crippen molar-refractivity contribution in [2.45, 2.75) is 232 Å². The molecular formula is C57H94O6. The van der Waals surface area contributed by atoms with E-state index >= 15 is 0 Å². The molecule has 0 saturated carbocycles. The summed E-state index contributed by atoms with van der Waals surface area (Å²) in [6.07, 6.45) is 66.9. The second kappa shape index (κ2) is 51.0. The van der Waals surface area contributed by atoms with E-state index in [0.29, 0.717) is 19.3 Å². The van der Waals surface area contributed by atoms with E-state index < -0.39 is 6.10 Å². The Morgan fingerprint density at radius 3 is 1.03 bits per heavy atom. The monoisotopic (exact) mass is 875 g/mol. The predicted molar refractivity (Wildman–Crippen MR) is 270 cm³/mol. The molecule has 0 bridgehead atoms. The number of esters is 3. The lowest BCUT2D eigenvalue weighted by Gasteiger charge is -2.18. The SMILES string of the molecule is CCCC/C=C\CCCCCCCC(=O)O[C@H](COC(=O)CCC/C=C\C/C=C\C/C=C\C/C=C\CCCCC)COC(=O)CCC/C=C\C/C=C\C/C=C\CCCCCCCC. The Hall–Kier alpha value is -3.67. The third-order valence-corrected chi connectivity index (χ3v) is 10.5. The molecule has 6 heteroatoms. The molecule has 0 spiro atoms. The Labute approximate surface area is 387 Å². The van der Waals surface area contributed by atoms with E-state index in [0.717, 1.165) is 77.0 Å². The zero-order valence-electron chi connectivity index (χ0n) is 40.8. The van der Waals surface area contributed by atoms with Gasteiger partial charge in [0.15, 0.2) is 6.10 Å². The van der Waals surface area contributed by atoms with E-state index in [2.05, 4.69) is 118 Å². The first kappa shape index (κ1) is 59.3. The van der Waals surface area contributed by atoms with Crippen molar-refractivity contribution < 1.29 is 28.6 Å². The van der Waals surface area contributed by atoms with E-state index in [4.69, 9.17) is 14.2 Å². The van der Waals surface area contributed by atoms with Crippen LogP contribution in [-0.4, -0.2) is 37.2 Å². The highest BCUT2D eigenvalue weighted by Crippen LogP contribution is 2.12. The first-order chi connectivity index (χ1) is 31.0. The molecule has 0 saturated heterocycles. The summed E-state index contributed by atoms with van der Waals surface area (Å²) in [6.45, 7) is 6.45. The molecule has 0 N–H and O–H groups in total. The molecule has 0 heterocycles. The summed E-state index contributed by atoms with van der Waals surface area (Å²) in [4.78, 5) is 37.9. The highest BCUT2D eigenvalue weighted by atomic mass is 16.6. The molecule has 0 aliphatic carbocycles. The number of rotatable bonds is 45. The Morgan fingerprint density at radius 2 is 0.603 bits per heavy atom. The molecule has 0 unspecified atom stereocenters. The fourth-order valence-corrected chi connectivity index (χ4v) is 6.61. The van der Waals surface area contributed by atoms with Gasteiger partial charge in [0.05, 0.1) is 0 Å². The van der Waals surface area contributed by atoms with Gasteiger partial charge in [-0.05, 0) is 109 Å². The average Bonchev–Trinajstić information content (AvgIpc) is 3.28. The number of unbranched alkanes of at least 4 members (excludes halogenated alkanes) is 18. The highest BCUT2D eigenvalue weighted by Gasteiger charge is 2.19. The molecule has 0 fully saturated rings. The molecule has 0 rings (SSSR count). The van der Waals surface area contributed by atoms with Crippen molar-refractivity contribution >= 4 is 17.9 Å². The Balaban J connectivity index is 4.53. The maximum atomic E-state index is 12.7. The van der Waals surface area contributed by atoms with Gasteiger partial charge >= 0.3 is 17.9 Å². The number of carbonyl (C=O) groups is 3. The molecule has 0 aliphatic rings. The summed E-state index contributed by atoms with van der Waals surface area (Å²) in [7, 11) is 0. The first-order valence-corrected chi connectivity index (χ1v) is 25.7. The summed E-state index contributed by atoms with van der Waals surface area (Å²) in [6, 6.07) is 0. The van der Waals surface area contributed by atoms with Crippen LogP contribution < -0.4 is 0 Å². The van der Waals surface area contributed by atoms with Crippen molar-refractivity contribution in [3.05, 3.63) is 97.2 Å². The van der Waals surface area contributed by atoms with E-state index in [1.54, 1.807) is 0 Å². The van der Waals surface area contributed by atoms with Gasteiger partial charge in [0, 0.05) is 19.3 Å². The summed E-state index contributed by atoms with van der Waals surface area (Å²) in [5, 5.41) is 0. The van der Waals surface area contributed by atoms with Crippen LogP contribution in [0.15, 0.2) is 97.2 Å². The molecule has 0 aromatic rings. The lowest BCUT2D eigenvalue weighted by molar-refractivity contribution is -0.167. The maximum absolute atomic E-state index is 12.7. The minimum atomic E-state index is -0.824. The zero-order valence-corrected chi connectivity index (χ0v) is 40.8. The van der Waals surface area contributed by atoms with Gasteiger partial charge < -0.3 is 14.2 Å². The highest BCUT2D eigenvalue weighted by molar-refractivity contribution is 5.71. The van der Waals surface area contributed by atoms with Crippen molar-refractivity contribution in [3.63, 3.8) is 0 Å². The van der Waals surface area contributed by atoms with Gasteiger partial charge in [-0.2, -0.15) is 0 Å². The quantitative estimate of drug-likeness (QED) is 0.0262. The van der Waals surface area contributed by atoms with Crippen molar-refractivity contribution in [2.75, 3.05) is 13.2 Å². The van der Waals surface area contributed by atoms with Crippen LogP contribution in [0.4, 0.5) is 0 Å². The number of ether oxygens (including phenoxy) is 3. The van der Waals surface area contributed by atoms with Crippen LogP contribution in [0.2, 0.25) is 0 Å². The second-order valence-electron chi connectivity index (χ2n) is 16.7. The van der Waals surface area contributed by atoms with Crippen LogP contribution in [0.5, 0.6) is 0 Å². The lowest BCUT2D eigenvalue weighted by atomic mass is 10.1. The molecule has 358 valence electrons. The van der Waals surface area contributed by atoms with E-state index in [1.807, 2.05) is 0 Å². The van der Waals surface area contributed by atoms with Crippen LogP contribution in [0, 0.1) is 0 Å². The summed E-state index contributed by atoms with van der Waals surface area (Å²) in [5.41, 5.74) is 0. The second-order valence-corrected chi connectivity index (χ2v) is 16.7. The minimum absolute atomic E-state index is 0.125. The zero-order chi connectivity index (χ0) is 45.8. The van der Waals surface area contributed by atoms with Gasteiger partial charge in [-0.25, -0.2) is 0 Å². The summed E-state index contributed by atoms with van der Waals surface area (Å²) in [5.74, 6) is -1.04. The number of carbonyl (C=O) groups excluding carboxylic acids is 3. The van der Waals surface area contributed by atoms with Gasteiger partial charge in [-0.3, -0.25) is 14.4 Å². The average molecular weight is 875 g/mol. The van der Waals surface area contributed by atoms with Gasteiger partial charge in [-0.1, -0.05) is 195 Å². The largest absolute Gasteiger partial charge is 0.462 e. The smallest absolute Gasteiger partial charge is 0.306 e. The summed E-state index contributed by atoms with van der Waals surface area (Å²) < 4.78 is 16.7. The fraction of sp³-hybridized carbons (Fsp3) is 0.667. The molecule has 0 radical (unpaired) electrons. The van der Waals surface area contributed by atoms with Crippen molar-refractivity contribution in [1.29, 1.82) is 0 Å². The fourth-order valence-electron chi connectivity index (χ4n) is 6.61. The first-order valence-electron chi connectivity index (χ1n) is 25.7. The van der Waals surface area contributed by atoms with Gasteiger partial charge in [0.2, 0.25) is 0 Å². The molecule has 63 heavy (non-hydrogen) atoms. The third-order valence-electron chi connectivity index (χ3n) is 10.5. The van der Waals surface area contributed by atoms with E-state index in [9.17, 15) is 14.4 Å². The summed E-state index contributed by atoms with van der Waals surface area (Å²) >= 11 is 0. The number of hydrogen-bond acceptors (Lipinski definition) is 6. The van der Waals surface area contributed by atoms with Gasteiger partial charge in [0.1, 0.15) is 13.2 Å². The standard InChI is InChI=1S/C57H94O6/c1-4-7-10-13-16-19-22-24-26-28-30-32-35-37-40-43-46-49-55(58)61-52-54(63-57(60)51-48-45-42-39-34-21-18-15-12-9-6-3)53-62-56(59)50-47-44-41-38-36-33-31-29-27-25-23-20-17-14-11-8-5-2/h15-16,18-19,24-27,30-33,37-38,40-41,54H,4-14,17,20-23,28-29,34-36,39,42-53H2,1-3H3/b18-15-,19-16-,26-24-,27-25-,32-30-,33-31-,40-37-,41-38-/t54-/m1/s1. The Morgan fingerprint density at radius 1 is 0.317 bits per heavy atom. The molecular weight excluding hydrogens is 781 g/mol. The van der Waals surface area contributed by atoms with Gasteiger partial charge in [0.25, 0.3) is 0 Å². The maximum Gasteiger partial charge on any atom is 0.306 e. The number of allylic oxidation sites excluding steroid dienone is 16. The van der Waals surface area contributed by atoms with E-state index in [1.165, 1.54) is 96.3 Å². The van der Waals surface area contributed by atoms with Crippen LogP contribution >= 0.6 is 0 Å². The van der Waals surface area contributed by atoms with Crippen molar-refractivity contribution in [1.82, 2.24) is 0 Å². The Kier molecular flexibility index (Phi) is 48.0. The number of hydrogen-bond donors (Lipinski definition) is 0. The van der Waals surface area contributed by atoms with Crippen LogP contribution in [0.1, 0.15) is 226 Å². The molecule has 0 amide bonds. The van der Waals surface area contributed by atoms with Crippen LogP contribution in [0.25, 0.3) is 0 Å². The predicted octanol–water partition coefficient (Wildman–Crippen LogP) is 17.0. The van der Waals surface area contributed by atoms with Gasteiger partial charge in [-0.15, -0.1) is 0 Å².